The lowest BCUT2D eigenvalue weighted by molar-refractivity contribution is -0.123. The second-order valence-corrected chi connectivity index (χ2v) is 5.48. The molecule has 3 N–H and O–H groups in total. The minimum Gasteiger partial charge on any atom is -0.443 e. The zero-order valence-corrected chi connectivity index (χ0v) is 11.3. The number of carbonyl (C=O) groups is 1. The van der Waals surface area contributed by atoms with Crippen LogP contribution in [0.15, 0.2) is 29.0 Å². The molecule has 0 bridgehead atoms. The summed E-state index contributed by atoms with van der Waals surface area (Å²) >= 11 is 0. The van der Waals surface area contributed by atoms with Crippen LogP contribution < -0.4 is 11.1 Å². The second-order valence-electron chi connectivity index (χ2n) is 5.48. The van der Waals surface area contributed by atoms with Crippen LogP contribution in [0.2, 0.25) is 0 Å². The number of hydrogen-bond acceptors (Lipinski definition) is 4. The molecule has 102 valence electrons. The number of nitrogens with zero attached hydrogens (tertiary/aromatic N) is 1. The van der Waals surface area contributed by atoms with Gasteiger partial charge in [-0.05, 0) is 29.7 Å². The Morgan fingerprint density at radius 3 is 3.00 bits per heavy atom. The fourth-order valence-corrected chi connectivity index (χ4v) is 1.78. The Labute approximate surface area is 112 Å². The molecule has 0 aliphatic carbocycles. The van der Waals surface area contributed by atoms with E-state index in [0.717, 1.165) is 16.7 Å². The van der Waals surface area contributed by atoms with E-state index in [4.69, 9.17) is 10.2 Å². The normalized spacial score (nSPS) is 11.7. The van der Waals surface area contributed by atoms with Crippen molar-refractivity contribution in [2.75, 3.05) is 6.54 Å². The molecule has 0 saturated carbocycles. The van der Waals surface area contributed by atoms with Gasteiger partial charge in [-0.3, -0.25) is 4.79 Å². The van der Waals surface area contributed by atoms with Gasteiger partial charge in [0.15, 0.2) is 12.0 Å². The number of nitrogens with one attached hydrogen (secondary N) is 1. The molecule has 5 heteroatoms. The molecule has 2 aromatic rings. The first-order valence-electron chi connectivity index (χ1n) is 6.29. The van der Waals surface area contributed by atoms with E-state index in [-0.39, 0.29) is 11.3 Å². The van der Waals surface area contributed by atoms with Crippen molar-refractivity contribution in [3.05, 3.63) is 30.2 Å². The molecule has 2 rings (SSSR count). The molecule has 5 nitrogen and oxygen atoms in total. The van der Waals surface area contributed by atoms with Crippen molar-refractivity contribution >= 4 is 17.0 Å². The maximum Gasteiger partial charge on any atom is 0.220 e. The molecule has 0 aliphatic rings. The van der Waals surface area contributed by atoms with Gasteiger partial charge >= 0.3 is 0 Å². The van der Waals surface area contributed by atoms with Crippen LogP contribution in [0.25, 0.3) is 11.1 Å². The summed E-state index contributed by atoms with van der Waals surface area (Å²) in [6, 6.07) is 5.69. The van der Waals surface area contributed by atoms with Crippen LogP contribution in [0.1, 0.15) is 25.8 Å². The van der Waals surface area contributed by atoms with E-state index in [1.165, 1.54) is 6.39 Å². The minimum absolute atomic E-state index is 0.00752. The quantitative estimate of drug-likeness (QED) is 0.860. The van der Waals surface area contributed by atoms with Crippen LogP contribution in [-0.2, 0) is 11.3 Å². The van der Waals surface area contributed by atoms with Gasteiger partial charge in [0.1, 0.15) is 5.52 Å². The first-order valence-corrected chi connectivity index (χ1v) is 6.29. The number of oxazole rings is 1. The van der Waals surface area contributed by atoms with E-state index in [1.807, 2.05) is 32.0 Å². The Morgan fingerprint density at radius 1 is 1.47 bits per heavy atom. The molecule has 1 aromatic heterocycles. The van der Waals surface area contributed by atoms with Gasteiger partial charge in [0.05, 0.1) is 0 Å². The molecule has 0 spiro atoms. The van der Waals surface area contributed by atoms with Crippen molar-refractivity contribution in [1.82, 2.24) is 10.3 Å². The van der Waals surface area contributed by atoms with Crippen molar-refractivity contribution in [2.45, 2.75) is 26.8 Å². The molecular formula is C14H19N3O2. The molecule has 0 aliphatic heterocycles. The predicted molar refractivity (Wildman–Crippen MR) is 73.3 cm³/mol. The summed E-state index contributed by atoms with van der Waals surface area (Å²) in [5.74, 6) is 0.00752. The van der Waals surface area contributed by atoms with E-state index in [9.17, 15) is 4.79 Å². The summed E-state index contributed by atoms with van der Waals surface area (Å²) in [5.41, 5.74) is 7.98. The van der Waals surface area contributed by atoms with Gasteiger partial charge in [-0.1, -0.05) is 19.9 Å². The van der Waals surface area contributed by atoms with E-state index in [1.54, 1.807) is 0 Å². The third-order valence-corrected chi connectivity index (χ3v) is 3.08. The summed E-state index contributed by atoms with van der Waals surface area (Å²) in [5, 5.41) is 2.89. The number of hydrogen-bond donors (Lipinski definition) is 2. The van der Waals surface area contributed by atoms with Crippen LogP contribution in [0.5, 0.6) is 0 Å². The third kappa shape index (κ3) is 3.54. The molecule has 0 radical (unpaired) electrons. The topological polar surface area (TPSA) is 81.2 Å². The van der Waals surface area contributed by atoms with Gasteiger partial charge in [-0.15, -0.1) is 0 Å². The molecule has 19 heavy (non-hydrogen) atoms. The molecule has 0 atom stereocenters. The monoisotopic (exact) mass is 261 g/mol. The van der Waals surface area contributed by atoms with Crippen molar-refractivity contribution in [3.8, 4) is 0 Å². The number of carbonyl (C=O) groups excluding carboxylic acids is 1. The highest BCUT2D eigenvalue weighted by Gasteiger charge is 2.19. The molecular weight excluding hydrogens is 242 g/mol. The van der Waals surface area contributed by atoms with Crippen molar-refractivity contribution < 1.29 is 9.21 Å². The van der Waals surface area contributed by atoms with Gasteiger partial charge in [0, 0.05) is 13.0 Å². The van der Waals surface area contributed by atoms with Crippen LogP contribution in [0, 0.1) is 5.41 Å². The fourth-order valence-electron chi connectivity index (χ4n) is 1.78. The summed E-state index contributed by atoms with van der Waals surface area (Å²) in [6.07, 6.45) is 1.84. The summed E-state index contributed by atoms with van der Waals surface area (Å²) in [4.78, 5) is 15.8. The van der Waals surface area contributed by atoms with Crippen LogP contribution in [0.3, 0.4) is 0 Å². The van der Waals surface area contributed by atoms with Crippen molar-refractivity contribution in [1.29, 1.82) is 0 Å². The Hall–Kier alpha value is -1.88. The number of benzene rings is 1. The van der Waals surface area contributed by atoms with E-state index < -0.39 is 0 Å². The van der Waals surface area contributed by atoms with E-state index >= 15 is 0 Å². The Balaban J connectivity index is 1.93. The van der Waals surface area contributed by atoms with Gasteiger partial charge in [-0.2, -0.15) is 0 Å². The maximum absolute atomic E-state index is 11.8. The first-order chi connectivity index (χ1) is 9.00. The van der Waals surface area contributed by atoms with Gasteiger partial charge in [-0.25, -0.2) is 4.98 Å². The largest absolute Gasteiger partial charge is 0.443 e. The number of fused-ring (bicyclic) bond motifs is 1. The van der Waals surface area contributed by atoms with Crippen LogP contribution in [-0.4, -0.2) is 17.4 Å². The number of aromatic nitrogens is 1. The lowest BCUT2D eigenvalue weighted by Gasteiger charge is -2.21. The van der Waals surface area contributed by atoms with Gasteiger partial charge in [0.2, 0.25) is 5.91 Å². The summed E-state index contributed by atoms with van der Waals surface area (Å²) in [7, 11) is 0. The average molecular weight is 261 g/mol. The Morgan fingerprint density at radius 2 is 2.26 bits per heavy atom. The minimum atomic E-state index is -0.168. The highest BCUT2D eigenvalue weighted by molar-refractivity contribution is 5.77. The molecule has 1 amide bonds. The third-order valence-electron chi connectivity index (χ3n) is 3.08. The lowest BCUT2D eigenvalue weighted by atomic mass is 9.89. The first kappa shape index (κ1) is 13.5. The smallest absolute Gasteiger partial charge is 0.220 e. The fraction of sp³-hybridized carbons (Fsp3) is 0.429. The molecule has 0 saturated heterocycles. The second kappa shape index (κ2) is 5.40. The highest BCUT2D eigenvalue weighted by atomic mass is 16.3. The van der Waals surface area contributed by atoms with Gasteiger partial charge < -0.3 is 15.5 Å². The lowest BCUT2D eigenvalue weighted by Crippen LogP contribution is -2.32. The zero-order valence-electron chi connectivity index (χ0n) is 11.3. The summed E-state index contributed by atoms with van der Waals surface area (Å²) in [6.45, 7) is 4.93. The summed E-state index contributed by atoms with van der Waals surface area (Å²) < 4.78 is 5.22. The Kier molecular flexibility index (Phi) is 3.85. The number of nitrogens with two attached hydrogens (primary N) is 1. The predicted octanol–water partition coefficient (Wildman–Crippen LogP) is 1.82. The molecule has 0 fully saturated rings. The molecule has 1 aromatic carbocycles. The van der Waals surface area contributed by atoms with Gasteiger partial charge in [0.25, 0.3) is 0 Å². The average Bonchev–Trinajstić information content (AvgIpc) is 2.83. The van der Waals surface area contributed by atoms with Crippen molar-refractivity contribution in [3.63, 3.8) is 0 Å². The maximum atomic E-state index is 11.8. The zero-order chi connectivity index (χ0) is 13.9. The SMILES string of the molecule is CC(C)(CN)CC(=O)NCc1ccc2ncoc2c1. The van der Waals surface area contributed by atoms with Crippen LogP contribution >= 0.6 is 0 Å². The molecule has 0 unspecified atom stereocenters. The number of amides is 1. The van der Waals surface area contributed by atoms with Crippen LogP contribution in [0.4, 0.5) is 0 Å². The molecule has 1 heterocycles. The highest BCUT2D eigenvalue weighted by Crippen LogP contribution is 2.18. The number of rotatable bonds is 5. The van der Waals surface area contributed by atoms with Crippen molar-refractivity contribution in [2.24, 2.45) is 11.1 Å². The van der Waals surface area contributed by atoms with E-state index in [0.29, 0.717) is 19.5 Å². The Bertz CT molecular complexity index is 575. The standard InChI is InChI=1S/C14H19N3O2/c1-14(2,8-15)6-13(18)16-7-10-3-4-11-12(5-10)19-9-17-11/h3-5,9H,6-8,15H2,1-2H3,(H,16,18). The van der Waals surface area contributed by atoms with E-state index in [2.05, 4.69) is 10.3 Å².